The summed E-state index contributed by atoms with van der Waals surface area (Å²) in [6, 6.07) is 2.20. The minimum atomic E-state index is -0.418. The lowest BCUT2D eigenvalue weighted by molar-refractivity contribution is -0.848. The molecule has 1 heterocycles. The third-order valence-electron chi connectivity index (χ3n) is 4.47. The molecule has 1 atom stereocenters. The second-order valence-corrected chi connectivity index (χ2v) is 5.42. The molecule has 1 saturated carbocycles. The van der Waals surface area contributed by atoms with Gasteiger partial charge < -0.3 is 0 Å². The van der Waals surface area contributed by atoms with Crippen LogP contribution in [0, 0.1) is 11.3 Å². The van der Waals surface area contributed by atoms with Crippen LogP contribution >= 0.6 is 0 Å². The number of hydrogen-bond donors (Lipinski definition) is 0. The van der Waals surface area contributed by atoms with Crippen molar-refractivity contribution < 1.29 is 14.1 Å². The van der Waals surface area contributed by atoms with E-state index in [1.54, 1.807) is 7.05 Å². The first-order chi connectivity index (χ1) is 8.69. The fraction of sp³-hybridized carbons (Fsp3) is 0.643. The maximum atomic E-state index is 12.4. The van der Waals surface area contributed by atoms with Gasteiger partial charge in [0.25, 0.3) is 0 Å². The van der Waals surface area contributed by atoms with E-state index < -0.39 is 5.41 Å². The molecule has 0 aliphatic heterocycles. The first kappa shape index (κ1) is 11.5. The van der Waals surface area contributed by atoms with Crippen molar-refractivity contribution >= 4 is 5.78 Å². The van der Waals surface area contributed by atoms with Crippen LogP contribution in [0.5, 0.6) is 0 Å². The molecular formula is C14H17N2O2+. The first-order valence-corrected chi connectivity index (χ1v) is 6.65. The van der Waals surface area contributed by atoms with E-state index >= 15 is 0 Å². The summed E-state index contributed by atoms with van der Waals surface area (Å²) in [4.78, 5) is 12.4. The number of aryl methyl sites for hydroxylation is 1. The number of rotatable bonds is 0. The van der Waals surface area contributed by atoms with Crippen LogP contribution in [0.4, 0.5) is 0 Å². The van der Waals surface area contributed by atoms with Gasteiger partial charge in [0.1, 0.15) is 5.78 Å². The molecule has 4 nitrogen and oxygen atoms in total. The van der Waals surface area contributed by atoms with Crippen LogP contribution in [0.3, 0.4) is 0 Å². The Bertz CT molecular complexity index is 553. The van der Waals surface area contributed by atoms with E-state index in [-0.39, 0.29) is 0 Å². The van der Waals surface area contributed by atoms with Crippen molar-refractivity contribution in [3.05, 3.63) is 17.0 Å². The van der Waals surface area contributed by atoms with Crippen LogP contribution in [0.15, 0.2) is 4.52 Å². The van der Waals surface area contributed by atoms with E-state index in [2.05, 4.69) is 6.07 Å². The van der Waals surface area contributed by atoms with Crippen LogP contribution in [-0.2, 0) is 23.7 Å². The SMILES string of the molecule is C[n+]1oc2c(c1C#N)CCC[C@@]21CCCCC1=O. The van der Waals surface area contributed by atoms with Gasteiger partial charge in [-0.3, -0.25) is 4.79 Å². The zero-order valence-corrected chi connectivity index (χ0v) is 10.7. The fourth-order valence-corrected chi connectivity index (χ4v) is 3.56. The lowest BCUT2D eigenvalue weighted by Crippen LogP contribution is -2.41. The normalized spacial score (nSPS) is 27.0. The molecule has 4 heteroatoms. The zero-order chi connectivity index (χ0) is 12.8. The molecule has 0 bridgehead atoms. The van der Waals surface area contributed by atoms with Gasteiger partial charge in [-0.1, -0.05) is 6.42 Å². The highest BCUT2D eigenvalue weighted by molar-refractivity contribution is 5.90. The molecule has 1 spiro atoms. The van der Waals surface area contributed by atoms with Crippen molar-refractivity contribution in [2.24, 2.45) is 7.05 Å². The molecule has 1 fully saturated rings. The molecule has 18 heavy (non-hydrogen) atoms. The molecule has 0 N–H and O–H groups in total. The molecule has 0 saturated heterocycles. The predicted molar refractivity (Wildman–Crippen MR) is 62.7 cm³/mol. The summed E-state index contributed by atoms with van der Waals surface area (Å²) in [5.41, 5.74) is 1.14. The highest BCUT2D eigenvalue weighted by atomic mass is 16.5. The average Bonchev–Trinajstić information content (AvgIpc) is 2.70. The van der Waals surface area contributed by atoms with Crippen LogP contribution in [-0.4, -0.2) is 5.78 Å². The molecule has 1 aromatic heterocycles. The van der Waals surface area contributed by atoms with Crippen molar-refractivity contribution in [2.75, 3.05) is 0 Å². The Kier molecular flexibility index (Phi) is 2.51. The van der Waals surface area contributed by atoms with Gasteiger partial charge in [0.05, 0.1) is 11.0 Å². The van der Waals surface area contributed by atoms with Crippen molar-refractivity contribution in [2.45, 2.75) is 50.4 Å². The second kappa shape index (κ2) is 3.94. The van der Waals surface area contributed by atoms with E-state index in [0.717, 1.165) is 49.8 Å². The summed E-state index contributed by atoms with van der Waals surface area (Å²) < 4.78 is 7.29. The molecule has 2 aliphatic carbocycles. The van der Waals surface area contributed by atoms with Gasteiger partial charge >= 0.3 is 5.69 Å². The van der Waals surface area contributed by atoms with E-state index in [4.69, 9.17) is 4.52 Å². The van der Waals surface area contributed by atoms with Gasteiger partial charge in [0.2, 0.25) is 5.76 Å². The number of ketones is 1. The summed E-state index contributed by atoms with van der Waals surface area (Å²) in [5, 5.41) is 9.20. The third kappa shape index (κ3) is 1.37. The molecule has 2 aliphatic rings. The number of hydrogen-bond acceptors (Lipinski definition) is 3. The Balaban J connectivity index is 2.18. The first-order valence-electron chi connectivity index (χ1n) is 6.65. The molecule has 0 aromatic carbocycles. The van der Waals surface area contributed by atoms with Gasteiger partial charge in [0.15, 0.2) is 13.1 Å². The molecular weight excluding hydrogens is 228 g/mol. The van der Waals surface area contributed by atoms with E-state index in [1.165, 1.54) is 4.74 Å². The summed E-state index contributed by atoms with van der Waals surface area (Å²) >= 11 is 0. The van der Waals surface area contributed by atoms with Crippen molar-refractivity contribution in [1.29, 1.82) is 5.26 Å². The zero-order valence-electron chi connectivity index (χ0n) is 10.7. The number of nitrogens with zero attached hydrogens (tertiary/aromatic N) is 2. The monoisotopic (exact) mass is 245 g/mol. The maximum Gasteiger partial charge on any atom is 0.334 e. The van der Waals surface area contributed by atoms with Gasteiger partial charge in [-0.15, -0.1) is 0 Å². The Morgan fingerprint density at radius 3 is 2.78 bits per heavy atom. The Morgan fingerprint density at radius 1 is 1.28 bits per heavy atom. The minimum absolute atomic E-state index is 0.313. The number of carbonyl (C=O) groups is 1. The number of Topliss-reactive ketones (excluding diaryl/α,β-unsaturated/α-hetero) is 1. The molecule has 3 rings (SSSR count). The van der Waals surface area contributed by atoms with Gasteiger partial charge in [-0.05, 0) is 36.8 Å². The fourth-order valence-electron chi connectivity index (χ4n) is 3.56. The Morgan fingerprint density at radius 2 is 2.06 bits per heavy atom. The van der Waals surface area contributed by atoms with E-state index in [0.29, 0.717) is 17.9 Å². The van der Waals surface area contributed by atoms with Gasteiger partial charge in [-0.25, -0.2) is 4.52 Å². The highest BCUT2D eigenvalue weighted by Gasteiger charge is 2.50. The van der Waals surface area contributed by atoms with Crippen LogP contribution < -0.4 is 4.74 Å². The number of fused-ring (bicyclic) bond motifs is 2. The number of nitriles is 1. The van der Waals surface area contributed by atoms with Crippen molar-refractivity contribution in [3.8, 4) is 6.07 Å². The van der Waals surface area contributed by atoms with Crippen LogP contribution in [0.1, 0.15) is 55.5 Å². The smallest absolute Gasteiger partial charge is 0.299 e. The average molecular weight is 245 g/mol. The van der Waals surface area contributed by atoms with Crippen molar-refractivity contribution in [3.63, 3.8) is 0 Å². The molecule has 0 radical (unpaired) electrons. The number of carbonyl (C=O) groups excluding carboxylic acids is 1. The summed E-state index contributed by atoms with van der Waals surface area (Å²) in [5.74, 6) is 1.10. The molecule has 94 valence electrons. The van der Waals surface area contributed by atoms with Crippen LogP contribution in [0.2, 0.25) is 0 Å². The summed E-state index contributed by atoms with van der Waals surface area (Å²) in [6.07, 6.45) is 6.34. The Hall–Kier alpha value is -1.63. The Labute approximate surface area is 106 Å². The molecule has 0 amide bonds. The largest absolute Gasteiger partial charge is 0.334 e. The lowest BCUT2D eigenvalue weighted by atomic mass is 9.64. The number of aromatic nitrogens is 1. The topological polar surface area (TPSA) is 57.9 Å². The van der Waals surface area contributed by atoms with Crippen molar-refractivity contribution in [1.82, 2.24) is 0 Å². The molecule has 0 unspecified atom stereocenters. The maximum absolute atomic E-state index is 12.4. The summed E-state index contributed by atoms with van der Waals surface area (Å²) in [6.45, 7) is 0. The highest BCUT2D eigenvalue weighted by Crippen LogP contribution is 2.45. The minimum Gasteiger partial charge on any atom is -0.299 e. The van der Waals surface area contributed by atoms with Gasteiger partial charge in [-0.2, -0.15) is 5.26 Å². The van der Waals surface area contributed by atoms with Gasteiger partial charge in [0, 0.05) is 6.42 Å². The van der Waals surface area contributed by atoms with E-state index in [1.807, 2.05) is 0 Å². The van der Waals surface area contributed by atoms with Crippen LogP contribution in [0.25, 0.3) is 0 Å². The second-order valence-electron chi connectivity index (χ2n) is 5.42. The standard InChI is InChI=1S/C14H17N2O2/c1-16-11(9-15)10-5-4-8-14(13(10)18-16)7-3-2-6-12(14)17/h2-8H2,1H3/q+1/t14-/m1/s1. The predicted octanol–water partition coefficient (Wildman–Crippen LogP) is 1.69. The van der Waals surface area contributed by atoms with E-state index in [9.17, 15) is 10.1 Å². The third-order valence-corrected chi connectivity index (χ3v) is 4.47. The molecule has 1 aromatic rings. The summed E-state index contributed by atoms with van der Waals surface area (Å²) in [7, 11) is 1.75. The lowest BCUT2D eigenvalue weighted by Gasteiger charge is -2.35. The quantitative estimate of drug-likeness (QED) is 0.653.